The van der Waals surface area contributed by atoms with Crippen molar-refractivity contribution < 1.29 is 32.6 Å². The number of amides is 1. The summed E-state index contributed by atoms with van der Waals surface area (Å²) in [5.74, 6) is -1.60. The molecule has 0 atom stereocenters. The molecule has 2 aromatic rings. The smallest absolute Gasteiger partial charge is 0.342 e. The summed E-state index contributed by atoms with van der Waals surface area (Å²) in [4.78, 5) is 24.6. The SMILES string of the molecule is COc1ccc(C(=O)OCC(=O)Nc2ccccc2S(=O)(=O)N(C)C2CCCCC2)c(O)c1. The van der Waals surface area contributed by atoms with Crippen LogP contribution >= 0.6 is 0 Å². The molecule has 0 saturated heterocycles. The zero-order valence-electron chi connectivity index (χ0n) is 18.6. The van der Waals surface area contributed by atoms with E-state index in [2.05, 4.69) is 5.32 Å². The van der Waals surface area contributed by atoms with Gasteiger partial charge in [-0.2, -0.15) is 4.31 Å². The van der Waals surface area contributed by atoms with Gasteiger partial charge in [0.25, 0.3) is 5.91 Å². The number of methoxy groups -OCH3 is 1. The summed E-state index contributed by atoms with van der Waals surface area (Å²) in [6.07, 6.45) is 4.68. The van der Waals surface area contributed by atoms with Gasteiger partial charge in [-0.15, -0.1) is 0 Å². The lowest BCUT2D eigenvalue weighted by atomic mass is 9.96. The lowest BCUT2D eigenvalue weighted by Gasteiger charge is -2.30. The number of carbonyl (C=O) groups excluding carboxylic acids is 2. The van der Waals surface area contributed by atoms with Gasteiger partial charge in [0.1, 0.15) is 22.0 Å². The third-order valence-corrected chi connectivity index (χ3v) is 7.63. The lowest BCUT2D eigenvalue weighted by Crippen LogP contribution is -2.38. The van der Waals surface area contributed by atoms with Crippen molar-refractivity contribution in [2.24, 2.45) is 0 Å². The Labute approximate surface area is 193 Å². The Morgan fingerprint density at radius 3 is 2.48 bits per heavy atom. The van der Waals surface area contributed by atoms with Crippen LogP contribution in [0.25, 0.3) is 0 Å². The minimum Gasteiger partial charge on any atom is -0.507 e. The Bertz CT molecular complexity index is 1110. The van der Waals surface area contributed by atoms with E-state index in [1.54, 1.807) is 19.2 Å². The van der Waals surface area contributed by atoms with Crippen LogP contribution in [-0.2, 0) is 19.6 Å². The molecule has 1 amide bonds. The van der Waals surface area contributed by atoms with Gasteiger partial charge >= 0.3 is 5.97 Å². The summed E-state index contributed by atoms with van der Waals surface area (Å²) < 4.78 is 37.8. The highest BCUT2D eigenvalue weighted by Crippen LogP contribution is 2.30. The van der Waals surface area contributed by atoms with Crippen molar-refractivity contribution in [1.29, 1.82) is 0 Å². The molecule has 1 aliphatic rings. The number of rotatable bonds is 8. The van der Waals surface area contributed by atoms with Crippen molar-refractivity contribution in [3.8, 4) is 11.5 Å². The fourth-order valence-electron chi connectivity index (χ4n) is 3.80. The van der Waals surface area contributed by atoms with E-state index in [-0.39, 0.29) is 27.9 Å². The number of nitrogens with one attached hydrogen (secondary N) is 1. The summed E-state index contributed by atoms with van der Waals surface area (Å²) in [6.45, 7) is -0.656. The van der Waals surface area contributed by atoms with Crippen molar-refractivity contribution in [3.63, 3.8) is 0 Å². The Morgan fingerprint density at radius 2 is 1.82 bits per heavy atom. The van der Waals surface area contributed by atoms with Crippen LogP contribution in [0.15, 0.2) is 47.4 Å². The molecular weight excluding hydrogens is 448 g/mol. The van der Waals surface area contributed by atoms with Crippen molar-refractivity contribution in [3.05, 3.63) is 48.0 Å². The Hall–Kier alpha value is -3.11. The maximum absolute atomic E-state index is 13.2. The number of hydrogen-bond acceptors (Lipinski definition) is 7. The molecule has 0 radical (unpaired) electrons. The van der Waals surface area contributed by atoms with Crippen LogP contribution in [0.3, 0.4) is 0 Å². The first kappa shape index (κ1) is 24.5. The zero-order valence-corrected chi connectivity index (χ0v) is 19.4. The quantitative estimate of drug-likeness (QED) is 0.561. The van der Waals surface area contributed by atoms with Gasteiger partial charge in [-0.05, 0) is 37.1 Å². The highest BCUT2D eigenvalue weighted by atomic mass is 32.2. The first-order chi connectivity index (χ1) is 15.7. The fraction of sp³-hybridized carbons (Fsp3) is 0.391. The molecule has 0 aliphatic heterocycles. The van der Waals surface area contributed by atoms with Gasteiger partial charge < -0.3 is 19.9 Å². The van der Waals surface area contributed by atoms with Crippen molar-refractivity contribution in [2.75, 3.05) is 26.1 Å². The zero-order chi connectivity index (χ0) is 24.0. The van der Waals surface area contributed by atoms with Crippen LogP contribution in [-0.4, -0.2) is 56.5 Å². The molecule has 2 aromatic carbocycles. The number of sulfonamides is 1. The molecule has 10 heteroatoms. The molecule has 3 rings (SSSR count). The molecule has 1 saturated carbocycles. The summed E-state index contributed by atoms with van der Waals surface area (Å²) in [5.41, 5.74) is -0.0193. The van der Waals surface area contributed by atoms with Gasteiger partial charge in [0, 0.05) is 19.2 Å². The van der Waals surface area contributed by atoms with Crippen LogP contribution in [0, 0.1) is 0 Å². The number of ether oxygens (including phenoxy) is 2. The van der Waals surface area contributed by atoms with E-state index in [0.717, 1.165) is 32.1 Å². The van der Waals surface area contributed by atoms with Crippen molar-refractivity contribution in [1.82, 2.24) is 4.31 Å². The van der Waals surface area contributed by atoms with Crippen molar-refractivity contribution in [2.45, 2.75) is 43.0 Å². The predicted octanol–water partition coefficient (Wildman–Crippen LogP) is 3.15. The summed E-state index contributed by atoms with van der Waals surface area (Å²) in [6, 6.07) is 10.1. The molecule has 33 heavy (non-hydrogen) atoms. The molecule has 2 N–H and O–H groups in total. The maximum atomic E-state index is 13.2. The third kappa shape index (κ3) is 5.82. The number of aromatic hydroxyl groups is 1. The van der Waals surface area contributed by atoms with E-state index in [0.29, 0.717) is 5.75 Å². The van der Waals surface area contributed by atoms with Gasteiger partial charge in [0.05, 0.1) is 12.8 Å². The molecule has 178 valence electrons. The van der Waals surface area contributed by atoms with Crippen LogP contribution in [0.4, 0.5) is 5.69 Å². The Balaban J connectivity index is 1.68. The van der Waals surface area contributed by atoms with E-state index < -0.39 is 28.5 Å². The minimum absolute atomic E-state index is 0.0226. The molecule has 0 spiro atoms. The average Bonchev–Trinajstić information content (AvgIpc) is 2.82. The van der Waals surface area contributed by atoms with E-state index >= 15 is 0 Å². The summed E-state index contributed by atoms with van der Waals surface area (Å²) in [5, 5.41) is 12.4. The summed E-state index contributed by atoms with van der Waals surface area (Å²) in [7, 11) is -0.854. The number of benzene rings is 2. The number of hydrogen-bond donors (Lipinski definition) is 2. The number of carbonyl (C=O) groups is 2. The Morgan fingerprint density at radius 1 is 1.12 bits per heavy atom. The lowest BCUT2D eigenvalue weighted by molar-refractivity contribution is -0.119. The van der Waals surface area contributed by atoms with Crippen molar-refractivity contribution >= 4 is 27.6 Å². The monoisotopic (exact) mass is 476 g/mol. The van der Waals surface area contributed by atoms with E-state index in [1.807, 2.05) is 0 Å². The van der Waals surface area contributed by atoms with Gasteiger partial charge in [0.2, 0.25) is 10.0 Å². The largest absolute Gasteiger partial charge is 0.507 e. The van der Waals surface area contributed by atoms with Gasteiger partial charge in [-0.3, -0.25) is 4.79 Å². The molecular formula is C23H28N2O7S. The maximum Gasteiger partial charge on any atom is 0.342 e. The minimum atomic E-state index is -3.84. The molecule has 0 unspecified atom stereocenters. The van der Waals surface area contributed by atoms with E-state index in [4.69, 9.17) is 9.47 Å². The second-order valence-electron chi connectivity index (χ2n) is 7.82. The van der Waals surface area contributed by atoms with Crippen LogP contribution in [0.5, 0.6) is 11.5 Å². The van der Waals surface area contributed by atoms with E-state index in [9.17, 15) is 23.1 Å². The van der Waals surface area contributed by atoms with Gasteiger partial charge in [0.15, 0.2) is 6.61 Å². The first-order valence-corrected chi connectivity index (χ1v) is 12.1. The fourth-order valence-corrected chi connectivity index (χ4v) is 5.36. The predicted molar refractivity (Wildman–Crippen MR) is 122 cm³/mol. The van der Waals surface area contributed by atoms with Crippen LogP contribution in [0.1, 0.15) is 42.5 Å². The second kappa shape index (κ2) is 10.7. The number of phenolic OH excluding ortho intramolecular Hbond substituents is 1. The summed E-state index contributed by atoms with van der Waals surface area (Å²) >= 11 is 0. The number of nitrogens with zero attached hydrogens (tertiary/aromatic N) is 1. The highest BCUT2D eigenvalue weighted by Gasteiger charge is 2.31. The highest BCUT2D eigenvalue weighted by molar-refractivity contribution is 7.89. The van der Waals surface area contributed by atoms with E-state index in [1.165, 1.54) is 41.7 Å². The van der Waals surface area contributed by atoms with Crippen LogP contribution < -0.4 is 10.1 Å². The van der Waals surface area contributed by atoms with Crippen LogP contribution in [0.2, 0.25) is 0 Å². The third-order valence-electron chi connectivity index (χ3n) is 5.67. The normalized spacial score (nSPS) is 14.6. The Kier molecular flexibility index (Phi) is 7.93. The molecule has 9 nitrogen and oxygen atoms in total. The average molecular weight is 477 g/mol. The number of para-hydroxylation sites is 1. The molecule has 0 heterocycles. The number of anilines is 1. The molecule has 0 bridgehead atoms. The molecule has 1 aliphatic carbocycles. The number of esters is 1. The molecule has 1 fully saturated rings. The van der Waals surface area contributed by atoms with Gasteiger partial charge in [-0.1, -0.05) is 31.4 Å². The first-order valence-electron chi connectivity index (χ1n) is 10.6. The number of phenols is 1. The second-order valence-corrected chi connectivity index (χ2v) is 9.78. The van der Waals surface area contributed by atoms with Gasteiger partial charge in [-0.25, -0.2) is 13.2 Å². The standard InChI is InChI=1S/C23H28N2O7S/c1-25(16-8-4-3-5-9-16)33(29,30)21-11-7-6-10-19(21)24-22(27)15-32-23(28)18-13-12-17(31-2)14-20(18)26/h6-7,10-14,16,26H,3-5,8-9,15H2,1-2H3,(H,24,27). The topological polar surface area (TPSA) is 122 Å². The molecule has 0 aromatic heterocycles.